The van der Waals surface area contributed by atoms with E-state index in [0.29, 0.717) is 13.0 Å². The summed E-state index contributed by atoms with van der Waals surface area (Å²) in [5.41, 5.74) is -0.907. The molecular weight excluding hydrogens is 196 g/mol. The van der Waals surface area contributed by atoms with Gasteiger partial charge >= 0.3 is 6.09 Å². The summed E-state index contributed by atoms with van der Waals surface area (Å²) in [6.07, 6.45) is 0.863. The second kappa shape index (κ2) is 3.51. The summed E-state index contributed by atoms with van der Waals surface area (Å²) in [5.74, 6) is -0.306. The monoisotopic (exact) mass is 206 g/mol. The molecule has 0 aromatic heterocycles. The van der Waals surface area contributed by atoms with Crippen molar-refractivity contribution < 1.29 is 14.3 Å². The van der Waals surface area contributed by atoms with Crippen LogP contribution in [0.4, 0.5) is 4.79 Å². The Bertz CT molecular complexity index is 238. The zero-order valence-corrected chi connectivity index (χ0v) is 7.78. The Morgan fingerprint density at radius 2 is 2.15 bits per heavy atom. The fourth-order valence-corrected chi connectivity index (χ4v) is 1.61. The zero-order valence-electron chi connectivity index (χ0n) is 6.96. The van der Waals surface area contributed by atoms with E-state index in [1.807, 2.05) is 0 Å². The van der Waals surface area contributed by atoms with E-state index < -0.39 is 11.7 Å². The van der Waals surface area contributed by atoms with E-state index in [9.17, 15) is 9.59 Å². The fourth-order valence-electron chi connectivity index (χ4n) is 1.61. The third-order valence-corrected chi connectivity index (χ3v) is 2.26. The van der Waals surface area contributed by atoms with Crippen LogP contribution in [0, 0.1) is 0 Å². The highest BCUT2D eigenvalue weighted by molar-refractivity contribution is 6.03. The van der Waals surface area contributed by atoms with Crippen molar-refractivity contribution in [2.24, 2.45) is 0 Å². The van der Waals surface area contributed by atoms with Gasteiger partial charge in [0.15, 0.2) is 0 Å². The first-order chi connectivity index (χ1) is 5.73. The predicted molar refractivity (Wildman–Crippen MR) is 46.7 cm³/mol. The molecule has 0 aromatic rings. The first-order valence-corrected chi connectivity index (χ1v) is 3.98. The molecule has 2 N–H and O–H groups in total. The minimum Gasteiger partial charge on any atom is -0.431 e. The van der Waals surface area contributed by atoms with Crippen molar-refractivity contribution in [3.05, 3.63) is 0 Å². The molecule has 0 radical (unpaired) electrons. The predicted octanol–water partition coefficient (Wildman–Crippen LogP) is -0.203. The van der Waals surface area contributed by atoms with Crippen LogP contribution in [0.25, 0.3) is 0 Å². The molecule has 0 saturated carbocycles. The second-order valence-corrected chi connectivity index (χ2v) is 3.12. The molecular formula is C7H11ClN2O3. The fraction of sp³-hybridized carbons (Fsp3) is 0.714. The number of piperidine rings is 1. The normalized spacial score (nSPS) is 32.3. The lowest BCUT2D eigenvalue weighted by molar-refractivity contribution is -0.132. The minimum atomic E-state index is -0.907. The molecule has 2 aliphatic rings. The number of halogens is 1. The van der Waals surface area contributed by atoms with E-state index in [-0.39, 0.29) is 18.3 Å². The maximum atomic E-state index is 11.3. The summed E-state index contributed by atoms with van der Waals surface area (Å²) >= 11 is 0. The van der Waals surface area contributed by atoms with Crippen molar-refractivity contribution in [3.63, 3.8) is 0 Å². The van der Waals surface area contributed by atoms with Crippen molar-refractivity contribution >= 4 is 24.4 Å². The number of carbonyl (C=O) groups is 2. The van der Waals surface area contributed by atoms with Crippen LogP contribution in [0.1, 0.15) is 12.8 Å². The number of hydrogen-bond donors (Lipinski definition) is 2. The number of alkyl carbamates (subject to hydrolysis) is 1. The summed E-state index contributed by atoms with van der Waals surface area (Å²) in [4.78, 5) is 22.0. The molecule has 2 fully saturated rings. The molecule has 2 aliphatic heterocycles. The van der Waals surface area contributed by atoms with E-state index >= 15 is 0 Å². The number of carbonyl (C=O) groups excluding carboxylic acids is 2. The van der Waals surface area contributed by atoms with Crippen molar-refractivity contribution in [1.29, 1.82) is 0 Å². The van der Waals surface area contributed by atoms with Gasteiger partial charge in [-0.3, -0.25) is 10.1 Å². The smallest absolute Gasteiger partial charge is 0.415 e. The van der Waals surface area contributed by atoms with Gasteiger partial charge in [-0.05, 0) is 19.4 Å². The van der Waals surface area contributed by atoms with E-state index in [1.54, 1.807) is 0 Å². The Kier molecular flexibility index (Phi) is 2.77. The molecule has 0 aliphatic carbocycles. The summed E-state index contributed by atoms with van der Waals surface area (Å²) in [6.45, 7) is 1.32. The molecule has 0 aromatic carbocycles. The van der Waals surface area contributed by atoms with Gasteiger partial charge in [-0.25, -0.2) is 4.79 Å². The first kappa shape index (κ1) is 10.3. The SMILES string of the molecule is Cl.O=C1NC(=O)C2(CCCNC2)O1. The van der Waals surface area contributed by atoms with Crippen molar-refractivity contribution in [1.82, 2.24) is 10.6 Å². The molecule has 5 nitrogen and oxygen atoms in total. The first-order valence-electron chi connectivity index (χ1n) is 3.98. The topological polar surface area (TPSA) is 67.4 Å². The number of rotatable bonds is 0. The molecule has 74 valence electrons. The molecule has 0 bridgehead atoms. The lowest BCUT2D eigenvalue weighted by atomic mass is 9.94. The molecule has 1 spiro atoms. The van der Waals surface area contributed by atoms with Gasteiger partial charge in [0.2, 0.25) is 5.60 Å². The Morgan fingerprint density at radius 3 is 2.62 bits per heavy atom. The maximum Gasteiger partial charge on any atom is 0.415 e. The van der Waals surface area contributed by atoms with Crippen LogP contribution < -0.4 is 10.6 Å². The number of hydrogen-bond acceptors (Lipinski definition) is 4. The van der Waals surface area contributed by atoms with Gasteiger partial charge < -0.3 is 10.1 Å². The van der Waals surface area contributed by atoms with Gasteiger partial charge in [0.1, 0.15) is 0 Å². The Balaban J connectivity index is 0.000000845. The highest BCUT2D eigenvalue weighted by Crippen LogP contribution is 2.24. The maximum absolute atomic E-state index is 11.3. The molecule has 1 atom stereocenters. The highest BCUT2D eigenvalue weighted by Gasteiger charge is 2.49. The average Bonchev–Trinajstić information content (AvgIpc) is 2.29. The van der Waals surface area contributed by atoms with E-state index in [0.717, 1.165) is 13.0 Å². The minimum absolute atomic E-state index is 0. The Morgan fingerprint density at radius 1 is 1.38 bits per heavy atom. The average molecular weight is 207 g/mol. The Hall–Kier alpha value is -0.810. The molecule has 2 saturated heterocycles. The lowest BCUT2D eigenvalue weighted by Crippen LogP contribution is -2.51. The van der Waals surface area contributed by atoms with Crippen LogP contribution >= 0.6 is 12.4 Å². The number of imide groups is 1. The second-order valence-electron chi connectivity index (χ2n) is 3.12. The number of ether oxygens (including phenoxy) is 1. The third kappa shape index (κ3) is 1.62. The van der Waals surface area contributed by atoms with E-state index in [2.05, 4.69) is 10.6 Å². The molecule has 13 heavy (non-hydrogen) atoms. The summed E-state index contributed by atoms with van der Waals surface area (Å²) in [7, 11) is 0. The molecule has 2 heterocycles. The van der Waals surface area contributed by atoms with Crippen molar-refractivity contribution in [2.45, 2.75) is 18.4 Å². The van der Waals surface area contributed by atoms with Gasteiger partial charge in [-0.2, -0.15) is 0 Å². The quantitative estimate of drug-likeness (QED) is 0.576. The highest BCUT2D eigenvalue weighted by atomic mass is 35.5. The van der Waals surface area contributed by atoms with Crippen LogP contribution in [-0.2, 0) is 9.53 Å². The van der Waals surface area contributed by atoms with Crippen LogP contribution in [-0.4, -0.2) is 30.7 Å². The van der Waals surface area contributed by atoms with Crippen molar-refractivity contribution in [3.8, 4) is 0 Å². The standard InChI is InChI=1S/C7H10N2O3.ClH/c10-5-7(12-6(11)9-5)2-1-3-8-4-7;/h8H,1-4H2,(H,9,10,11);1H. The lowest BCUT2D eigenvalue weighted by Gasteiger charge is -2.28. The largest absolute Gasteiger partial charge is 0.431 e. The van der Waals surface area contributed by atoms with Crippen molar-refractivity contribution in [2.75, 3.05) is 13.1 Å². The molecule has 2 amide bonds. The summed E-state index contributed by atoms with van der Waals surface area (Å²) < 4.78 is 4.94. The third-order valence-electron chi connectivity index (χ3n) is 2.26. The van der Waals surface area contributed by atoms with Crippen LogP contribution in [0.5, 0.6) is 0 Å². The summed E-state index contributed by atoms with van der Waals surface area (Å²) in [5, 5.41) is 5.17. The van der Waals surface area contributed by atoms with Gasteiger partial charge in [0.25, 0.3) is 5.91 Å². The molecule has 6 heteroatoms. The van der Waals surface area contributed by atoms with Crippen LogP contribution in [0.3, 0.4) is 0 Å². The van der Waals surface area contributed by atoms with Crippen LogP contribution in [0.15, 0.2) is 0 Å². The summed E-state index contributed by atoms with van der Waals surface area (Å²) in [6, 6.07) is 0. The number of amides is 2. The number of nitrogens with one attached hydrogen (secondary N) is 2. The van der Waals surface area contributed by atoms with Gasteiger partial charge in [-0.1, -0.05) is 0 Å². The Labute approximate surface area is 81.6 Å². The van der Waals surface area contributed by atoms with Crippen LogP contribution in [0.2, 0.25) is 0 Å². The van der Waals surface area contributed by atoms with E-state index in [4.69, 9.17) is 4.74 Å². The molecule has 2 rings (SSSR count). The van der Waals surface area contributed by atoms with Gasteiger partial charge in [0.05, 0.1) is 0 Å². The zero-order chi connectivity index (χ0) is 8.60. The van der Waals surface area contributed by atoms with Gasteiger partial charge in [-0.15, -0.1) is 12.4 Å². The van der Waals surface area contributed by atoms with Gasteiger partial charge in [0, 0.05) is 6.54 Å². The molecule has 1 unspecified atom stereocenters. The van der Waals surface area contributed by atoms with E-state index in [1.165, 1.54) is 0 Å².